The average molecular weight is 363 g/mol. The Kier molecular flexibility index (Phi) is 6.83. The lowest BCUT2D eigenvalue weighted by Crippen LogP contribution is -2.11. The van der Waals surface area contributed by atoms with E-state index >= 15 is 0 Å². The minimum Gasteiger partial charge on any atom is -0.494 e. The zero-order valence-corrected chi connectivity index (χ0v) is 14.6. The summed E-state index contributed by atoms with van der Waals surface area (Å²) in [6.45, 7) is 2.75. The SMILES string of the molecule is CCCCCOc1ccc(C(=O)Oc2ccc(Cl)cc2C(=O)O)cc1. The van der Waals surface area contributed by atoms with Gasteiger partial charge in [-0.15, -0.1) is 0 Å². The first-order valence-corrected chi connectivity index (χ1v) is 8.37. The smallest absolute Gasteiger partial charge is 0.343 e. The van der Waals surface area contributed by atoms with E-state index in [0.717, 1.165) is 19.3 Å². The van der Waals surface area contributed by atoms with Crippen LogP contribution in [0.3, 0.4) is 0 Å². The third kappa shape index (κ3) is 5.50. The van der Waals surface area contributed by atoms with E-state index in [1.165, 1.54) is 18.2 Å². The number of carbonyl (C=O) groups excluding carboxylic acids is 1. The summed E-state index contributed by atoms with van der Waals surface area (Å²) in [7, 11) is 0. The number of rotatable bonds is 8. The van der Waals surface area contributed by atoms with Crippen LogP contribution in [0.5, 0.6) is 11.5 Å². The monoisotopic (exact) mass is 362 g/mol. The number of aromatic carboxylic acids is 1. The molecule has 6 heteroatoms. The van der Waals surface area contributed by atoms with Gasteiger partial charge in [0.25, 0.3) is 0 Å². The van der Waals surface area contributed by atoms with E-state index in [2.05, 4.69) is 6.92 Å². The van der Waals surface area contributed by atoms with Crippen LogP contribution in [0.25, 0.3) is 0 Å². The highest BCUT2D eigenvalue weighted by atomic mass is 35.5. The van der Waals surface area contributed by atoms with Crippen LogP contribution in [0.4, 0.5) is 0 Å². The van der Waals surface area contributed by atoms with Crippen molar-refractivity contribution in [2.24, 2.45) is 0 Å². The van der Waals surface area contributed by atoms with Crippen LogP contribution in [-0.4, -0.2) is 23.7 Å². The van der Waals surface area contributed by atoms with Crippen molar-refractivity contribution < 1.29 is 24.2 Å². The Hall–Kier alpha value is -2.53. The zero-order valence-electron chi connectivity index (χ0n) is 13.8. The highest BCUT2D eigenvalue weighted by molar-refractivity contribution is 6.31. The molecule has 0 unspecified atom stereocenters. The molecule has 0 fully saturated rings. The molecular formula is C19H19ClO5. The highest BCUT2D eigenvalue weighted by Crippen LogP contribution is 2.24. The van der Waals surface area contributed by atoms with E-state index in [9.17, 15) is 9.59 Å². The third-order valence-corrected chi connectivity index (χ3v) is 3.72. The minimum absolute atomic E-state index is 0.0539. The van der Waals surface area contributed by atoms with Gasteiger partial charge in [0.15, 0.2) is 0 Å². The van der Waals surface area contributed by atoms with Gasteiger partial charge < -0.3 is 14.6 Å². The van der Waals surface area contributed by atoms with Crippen LogP contribution in [0.1, 0.15) is 46.9 Å². The molecule has 0 spiro atoms. The van der Waals surface area contributed by atoms with Crippen molar-refractivity contribution >= 4 is 23.5 Å². The first-order valence-electron chi connectivity index (χ1n) is 7.99. The van der Waals surface area contributed by atoms with Crippen LogP contribution in [0, 0.1) is 0 Å². The number of benzene rings is 2. The van der Waals surface area contributed by atoms with Crippen molar-refractivity contribution in [1.29, 1.82) is 0 Å². The van der Waals surface area contributed by atoms with Crippen LogP contribution < -0.4 is 9.47 Å². The lowest BCUT2D eigenvalue weighted by atomic mass is 10.2. The quantitative estimate of drug-likeness (QED) is 0.414. The van der Waals surface area contributed by atoms with Gasteiger partial charge in [-0.2, -0.15) is 0 Å². The molecule has 0 bridgehead atoms. The van der Waals surface area contributed by atoms with Gasteiger partial charge in [-0.1, -0.05) is 31.4 Å². The van der Waals surface area contributed by atoms with Crippen molar-refractivity contribution in [3.05, 3.63) is 58.6 Å². The normalized spacial score (nSPS) is 10.3. The number of ether oxygens (including phenoxy) is 2. The largest absolute Gasteiger partial charge is 0.494 e. The fraction of sp³-hybridized carbons (Fsp3) is 0.263. The van der Waals surface area contributed by atoms with Crippen LogP contribution in [0.2, 0.25) is 5.02 Å². The van der Waals surface area contributed by atoms with Crippen molar-refractivity contribution in [2.75, 3.05) is 6.61 Å². The lowest BCUT2D eigenvalue weighted by Gasteiger charge is -2.09. The molecule has 0 atom stereocenters. The molecule has 1 N–H and O–H groups in total. The number of esters is 1. The maximum Gasteiger partial charge on any atom is 0.343 e. The van der Waals surface area contributed by atoms with E-state index in [1.807, 2.05) is 0 Å². The van der Waals surface area contributed by atoms with Gasteiger partial charge in [0.05, 0.1) is 12.2 Å². The second-order valence-corrected chi connectivity index (χ2v) is 5.85. The zero-order chi connectivity index (χ0) is 18.2. The molecule has 25 heavy (non-hydrogen) atoms. The van der Waals surface area contributed by atoms with Crippen molar-refractivity contribution in [1.82, 2.24) is 0 Å². The molecule has 0 saturated carbocycles. The molecule has 0 heterocycles. The fourth-order valence-corrected chi connectivity index (χ4v) is 2.32. The van der Waals surface area contributed by atoms with Crippen LogP contribution in [-0.2, 0) is 0 Å². The molecule has 2 rings (SSSR count). The van der Waals surface area contributed by atoms with Crippen molar-refractivity contribution in [3.8, 4) is 11.5 Å². The highest BCUT2D eigenvalue weighted by Gasteiger charge is 2.16. The second-order valence-electron chi connectivity index (χ2n) is 5.42. The van der Waals surface area contributed by atoms with Crippen LogP contribution >= 0.6 is 11.6 Å². The van der Waals surface area contributed by atoms with Crippen molar-refractivity contribution in [3.63, 3.8) is 0 Å². The summed E-state index contributed by atoms with van der Waals surface area (Å²) < 4.78 is 10.8. The third-order valence-electron chi connectivity index (χ3n) is 3.48. The fourth-order valence-electron chi connectivity index (χ4n) is 2.15. The van der Waals surface area contributed by atoms with Gasteiger partial charge in [0, 0.05) is 5.02 Å². The number of hydrogen-bond donors (Lipinski definition) is 1. The Bertz CT molecular complexity index is 740. The topological polar surface area (TPSA) is 72.8 Å². The molecule has 0 aliphatic rings. The van der Waals surface area contributed by atoms with Gasteiger partial charge in [-0.3, -0.25) is 0 Å². The maximum atomic E-state index is 12.2. The average Bonchev–Trinajstić information content (AvgIpc) is 2.60. The predicted octanol–water partition coefficient (Wildman–Crippen LogP) is 4.83. The number of carboxylic acids is 1. The predicted molar refractivity (Wildman–Crippen MR) is 94.8 cm³/mol. The standard InChI is InChI=1S/C19H19ClO5/c1-2-3-4-11-24-15-8-5-13(6-9-15)19(23)25-17-10-7-14(20)12-16(17)18(21)22/h5-10,12H,2-4,11H2,1H3,(H,21,22). The molecule has 2 aromatic rings. The first kappa shape index (κ1) is 18.8. The van der Waals surface area contributed by atoms with E-state index in [1.54, 1.807) is 24.3 Å². The minimum atomic E-state index is -1.22. The lowest BCUT2D eigenvalue weighted by molar-refractivity contribution is 0.0681. The van der Waals surface area contributed by atoms with Crippen molar-refractivity contribution in [2.45, 2.75) is 26.2 Å². The number of unbranched alkanes of at least 4 members (excludes halogenated alkanes) is 2. The molecule has 2 aromatic carbocycles. The summed E-state index contributed by atoms with van der Waals surface area (Å²) in [5, 5.41) is 9.42. The molecule has 5 nitrogen and oxygen atoms in total. The molecule has 0 saturated heterocycles. The Labute approximate surface area is 151 Å². The van der Waals surface area contributed by atoms with E-state index in [-0.39, 0.29) is 16.3 Å². The summed E-state index contributed by atoms with van der Waals surface area (Å²) in [6.07, 6.45) is 3.21. The summed E-state index contributed by atoms with van der Waals surface area (Å²) >= 11 is 5.78. The molecule has 0 radical (unpaired) electrons. The van der Waals surface area contributed by atoms with Gasteiger partial charge in [0.2, 0.25) is 0 Å². The molecule has 132 valence electrons. The number of carboxylic acid groups (broad SMARTS) is 1. The molecule has 0 aliphatic carbocycles. The molecule has 0 aliphatic heterocycles. The summed E-state index contributed by atoms with van der Waals surface area (Å²) in [4.78, 5) is 23.4. The van der Waals surface area contributed by atoms with Gasteiger partial charge in [-0.05, 0) is 48.9 Å². The maximum absolute atomic E-state index is 12.2. The summed E-state index contributed by atoms with van der Waals surface area (Å²) in [5.74, 6) is -1.25. The van der Waals surface area contributed by atoms with Gasteiger partial charge in [-0.25, -0.2) is 9.59 Å². The first-order chi connectivity index (χ1) is 12.0. The second kappa shape index (κ2) is 9.08. The molecule has 0 aromatic heterocycles. The summed E-state index contributed by atoms with van der Waals surface area (Å²) in [5.41, 5.74) is 0.129. The van der Waals surface area contributed by atoms with Gasteiger partial charge >= 0.3 is 11.9 Å². The van der Waals surface area contributed by atoms with Gasteiger partial charge in [0.1, 0.15) is 17.1 Å². The van der Waals surface area contributed by atoms with E-state index in [0.29, 0.717) is 17.9 Å². The van der Waals surface area contributed by atoms with E-state index < -0.39 is 11.9 Å². The number of carbonyl (C=O) groups is 2. The molecule has 0 amide bonds. The Morgan fingerprint density at radius 3 is 2.44 bits per heavy atom. The Morgan fingerprint density at radius 1 is 1.08 bits per heavy atom. The van der Waals surface area contributed by atoms with Crippen LogP contribution in [0.15, 0.2) is 42.5 Å². The Balaban J connectivity index is 2.03. The number of halogens is 1. The Morgan fingerprint density at radius 2 is 1.80 bits per heavy atom. The summed E-state index contributed by atoms with van der Waals surface area (Å²) in [6, 6.07) is 10.6. The number of hydrogen-bond acceptors (Lipinski definition) is 4. The molecular weight excluding hydrogens is 344 g/mol. The van der Waals surface area contributed by atoms with E-state index in [4.69, 9.17) is 26.2 Å².